The van der Waals surface area contributed by atoms with E-state index in [1.54, 1.807) is 6.92 Å². The molecule has 2 aromatic heterocycles. The molecule has 0 aliphatic heterocycles. The molecule has 2 heterocycles. The maximum atomic E-state index is 13.1. The Morgan fingerprint density at radius 3 is 2.56 bits per heavy atom. The minimum Gasteiger partial charge on any atom is -0.343 e. The number of aryl methyl sites for hydroxylation is 1. The third-order valence-electron chi connectivity index (χ3n) is 3.45. The third-order valence-corrected chi connectivity index (χ3v) is 3.45. The zero-order chi connectivity index (χ0) is 18.2. The summed E-state index contributed by atoms with van der Waals surface area (Å²) in [6, 6.07) is 6.60. The van der Waals surface area contributed by atoms with Crippen LogP contribution in [-0.2, 0) is 0 Å². The van der Waals surface area contributed by atoms with Gasteiger partial charge in [-0.25, -0.2) is 9.37 Å². The van der Waals surface area contributed by atoms with Crippen LogP contribution in [0.4, 0.5) is 17.6 Å². The first-order chi connectivity index (χ1) is 11.7. The molecule has 3 aromatic rings. The summed E-state index contributed by atoms with van der Waals surface area (Å²) in [5.74, 6) is -1.39. The Morgan fingerprint density at radius 1 is 1.24 bits per heavy atom. The van der Waals surface area contributed by atoms with Crippen LogP contribution in [0.15, 0.2) is 34.9 Å². The summed E-state index contributed by atoms with van der Waals surface area (Å²) >= 11 is 0. The number of alkyl halides is 3. The molecule has 0 saturated heterocycles. The molecule has 0 saturated carbocycles. The molecule has 0 aliphatic rings. The van der Waals surface area contributed by atoms with Crippen molar-refractivity contribution < 1.29 is 26.9 Å². The number of fused-ring (bicyclic) bond motifs is 1. The zero-order valence-corrected chi connectivity index (χ0v) is 12.8. The first-order valence-electron chi connectivity index (χ1n) is 7.12. The summed E-state index contributed by atoms with van der Waals surface area (Å²) in [5, 5.41) is 5.74. The van der Waals surface area contributed by atoms with Crippen LogP contribution in [0, 0.1) is 12.7 Å². The Hall–Kier alpha value is -2.97. The summed E-state index contributed by atoms with van der Waals surface area (Å²) in [4.78, 5) is 16.4. The molecule has 1 aromatic carbocycles. The number of carbonyl (C=O) groups excluding carboxylic acids is 1. The van der Waals surface area contributed by atoms with Crippen molar-refractivity contribution in [3.63, 3.8) is 0 Å². The van der Waals surface area contributed by atoms with Gasteiger partial charge in [0, 0.05) is 5.56 Å². The van der Waals surface area contributed by atoms with Crippen LogP contribution >= 0.6 is 0 Å². The number of benzene rings is 1. The van der Waals surface area contributed by atoms with E-state index in [1.165, 1.54) is 30.3 Å². The molecular weight excluding hydrogens is 342 g/mol. The van der Waals surface area contributed by atoms with Gasteiger partial charge in [-0.3, -0.25) is 4.79 Å². The van der Waals surface area contributed by atoms with Crippen molar-refractivity contribution in [3.05, 3.63) is 47.4 Å². The largest absolute Gasteiger partial charge is 0.405 e. The van der Waals surface area contributed by atoms with E-state index in [-0.39, 0.29) is 22.4 Å². The highest BCUT2D eigenvalue weighted by atomic mass is 19.4. The average Bonchev–Trinajstić information content (AvgIpc) is 2.93. The van der Waals surface area contributed by atoms with E-state index in [0.29, 0.717) is 11.3 Å². The fraction of sp³-hybridized carbons (Fsp3) is 0.188. The number of carbonyl (C=O) groups is 1. The standard InChI is InChI=1S/C16H11F4N3O2/c1-8-13-11(14(24)21-7-16(18,19)20)6-12(22-15(13)25-23-8)9-2-4-10(17)5-3-9/h2-6H,7H2,1H3,(H,21,24). The summed E-state index contributed by atoms with van der Waals surface area (Å²) in [7, 11) is 0. The van der Waals surface area contributed by atoms with Gasteiger partial charge in [-0.1, -0.05) is 5.16 Å². The minimum atomic E-state index is -4.54. The lowest BCUT2D eigenvalue weighted by atomic mass is 10.1. The molecule has 9 heteroatoms. The highest BCUT2D eigenvalue weighted by Crippen LogP contribution is 2.27. The molecule has 0 fully saturated rings. The third kappa shape index (κ3) is 3.59. The molecule has 1 N–H and O–H groups in total. The van der Waals surface area contributed by atoms with E-state index in [0.717, 1.165) is 0 Å². The van der Waals surface area contributed by atoms with Crippen LogP contribution in [0.5, 0.6) is 0 Å². The number of rotatable bonds is 3. The predicted octanol–water partition coefficient (Wildman–Crippen LogP) is 3.63. The van der Waals surface area contributed by atoms with E-state index < -0.39 is 24.4 Å². The zero-order valence-electron chi connectivity index (χ0n) is 12.8. The van der Waals surface area contributed by atoms with Crippen LogP contribution in [0.1, 0.15) is 16.1 Å². The summed E-state index contributed by atoms with van der Waals surface area (Å²) in [6.07, 6.45) is -4.54. The maximum Gasteiger partial charge on any atom is 0.405 e. The second-order valence-electron chi connectivity index (χ2n) is 5.31. The van der Waals surface area contributed by atoms with Gasteiger partial charge in [0.05, 0.1) is 22.3 Å². The Balaban J connectivity index is 2.07. The van der Waals surface area contributed by atoms with Gasteiger partial charge in [-0.15, -0.1) is 0 Å². The number of nitrogens with one attached hydrogen (secondary N) is 1. The van der Waals surface area contributed by atoms with Crippen LogP contribution in [0.25, 0.3) is 22.4 Å². The number of nitrogens with zero attached hydrogens (tertiary/aromatic N) is 2. The van der Waals surface area contributed by atoms with Crippen LogP contribution in [0.2, 0.25) is 0 Å². The highest BCUT2D eigenvalue weighted by molar-refractivity contribution is 6.07. The molecule has 0 aliphatic carbocycles. The first kappa shape index (κ1) is 16.9. The summed E-state index contributed by atoms with van der Waals surface area (Å²) in [5.41, 5.74) is 1.01. The second-order valence-corrected chi connectivity index (χ2v) is 5.31. The lowest BCUT2D eigenvalue weighted by molar-refractivity contribution is -0.123. The van der Waals surface area contributed by atoms with Gasteiger partial charge in [-0.2, -0.15) is 13.2 Å². The smallest absolute Gasteiger partial charge is 0.343 e. The molecular formula is C16H11F4N3O2. The number of hydrogen-bond acceptors (Lipinski definition) is 4. The van der Waals surface area contributed by atoms with Crippen molar-refractivity contribution in [2.75, 3.05) is 6.54 Å². The van der Waals surface area contributed by atoms with E-state index in [4.69, 9.17) is 4.52 Å². The van der Waals surface area contributed by atoms with Crippen molar-refractivity contribution in [1.29, 1.82) is 0 Å². The van der Waals surface area contributed by atoms with Crippen LogP contribution in [0.3, 0.4) is 0 Å². The highest BCUT2D eigenvalue weighted by Gasteiger charge is 2.29. The Morgan fingerprint density at radius 2 is 1.92 bits per heavy atom. The van der Waals surface area contributed by atoms with E-state index in [9.17, 15) is 22.4 Å². The van der Waals surface area contributed by atoms with Crippen molar-refractivity contribution in [2.24, 2.45) is 0 Å². The van der Waals surface area contributed by atoms with E-state index in [1.807, 2.05) is 5.32 Å². The number of pyridine rings is 1. The average molecular weight is 353 g/mol. The Labute approximate surface area is 138 Å². The molecule has 0 spiro atoms. The quantitative estimate of drug-likeness (QED) is 0.730. The van der Waals surface area contributed by atoms with Gasteiger partial charge in [0.15, 0.2) is 0 Å². The lowest BCUT2D eigenvalue weighted by Crippen LogP contribution is -2.33. The van der Waals surface area contributed by atoms with Crippen molar-refractivity contribution in [3.8, 4) is 11.3 Å². The molecule has 3 rings (SSSR count). The molecule has 25 heavy (non-hydrogen) atoms. The first-order valence-corrected chi connectivity index (χ1v) is 7.12. The lowest BCUT2D eigenvalue weighted by Gasteiger charge is -2.10. The number of hydrogen-bond donors (Lipinski definition) is 1. The van der Waals surface area contributed by atoms with Gasteiger partial charge in [0.1, 0.15) is 12.4 Å². The summed E-state index contributed by atoms with van der Waals surface area (Å²) < 4.78 is 55.2. The fourth-order valence-electron chi connectivity index (χ4n) is 2.32. The molecule has 130 valence electrons. The molecule has 0 atom stereocenters. The SMILES string of the molecule is Cc1noc2nc(-c3ccc(F)cc3)cc(C(=O)NCC(F)(F)F)c12. The van der Waals surface area contributed by atoms with Gasteiger partial charge >= 0.3 is 6.18 Å². The fourth-order valence-corrected chi connectivity index (χ4v) is 2.32. The molecule has 0 bridgehead atoms. The van der Waals surface area contributed by atoms with Crippen LogP contribution in [-0.4, -0.2) is 28.8 Å². The second kappa shape index (κ2) is 6.15. The minimum absolute atomic E-state index is 0.0106. The van der Waals surface area contributed by atoms with Gasteiger partial charge in [0.25, 0.3) is 11.6 Å². The molecule has 0 unspecified atom stereocenters. The molecule has 1 amide bonds. The number of halogens is 4. The normalized spacial score (nSPS) is 11.7. The number of amides is 1. The van der Waals surface area contributed by atoms with Crippen molar-refractivity contribution in [1.82, 2.24) is 15.5 Å². The van der Waals surface area contributed by atoms with Gasteiger partial charge in [0.2, 0.25) is 0 Å². The summed E-state index contributed by atoms with van der Waals surface area (Å²) in [6.45, 7) is 0.0808. The van der Waals surface area contributed by atoms with Gasteiger partial charge < -0.3 is 9.84 Å². The maximum absolute atomic E-state index is 13.1. The van der Waals surface area contributed by atoms with Crippen molar-refractivity contribution >= 4 is 17.0 Å². The van der Waals surface area contributed by atoms with Gasteiger partial charge in [-0.05, 0) is 37.3 Å². The van der Waals surface area contributed by atoms with E-state index in [2.05, 4.69) is 10.1 Å². The topological polar surface area (TPSA) is 68.0 Å². The Kier molecular flexibility index (Phi) is 4.15. The van der Waals surface area contributed by atoms with Crippen molar-refractivity contribution in [2.45, 2.75) is 13.1 Å². The van der Waals surface area contributed by atoms with E-state index >= 15 is 0 Å². The monoisotopic (exact) mass is 353 g/mol. The molecule has 5 nitrogen and oxygen atoms in total. The van der Waals surface area contributed by atoms with Crippen LogP contribution < -0.4 is 5.32 Å². The Bertz CT molecular complexity index is 933. The molecule has 0 radical (unpaired) electrons. The predicted molar refractivity (Wildman–Crippen MR) is 80.3 cm³/mol. The number of aromatic nitrogens is 2.